The molecule has 3 N–H and O–H groups in total. The summed E-state index contributed by atoms with van der Waals surface area (Å²) in [6, 6.07) is 8.35. The van der Waals surface area contributed by atoms with E-state index in [1.54, 1.807) is 0 Å². The van der Waals surface area contributed by atoms with E-state index in [0.29, 0.717) is 12.5 Å². The Morgan fingerprint density at radius 3 is 2.54 bits per heavy atom. The van der Waals surface area contributed by atoms with Gasteiger partial charge in [0, 0.05) is 18.2 Å². The average Bonchev–Trinajstić information content (AvgIpc) is 3.07. The van der Waals surface area contributed by atoms with Crippen LogP contribution in [0.4, 0.5) is 5.69 Å². The van der Waals surface area contributed by atoms with Crippen LogP contribution < -0.4 is 11.1 Å². The maximum Gasteiger partial charge on any atom is 0.227 e. The molecule has 1 amide bonds. The highest BCUT2D eigenvalue weighted by Gasteiger charge is 2.31. The minimum atomic E-state index is 0.0880. The lowest BCUT2D eigenvalue weighted by Gasteiger charge is -2.30. The summed E-state index contributed by atoms with van der Waals surface area (Å²) in [7, 11) is 0. The number of piperidine rings is 1. The van der Waals surface area contributed by atoms with Crippen LogP contribution in [0.3, 0.4) is 0 Å². The van der Waals surface area contributed by atoms with Gasteiger partial charge < -0.3 is 11.1 Å². The highest BCUT2D eigenvalue weighted by Crippen LogP contribution is 2.31. The van der Waals surface area contributed by atoms with Crippen molar-refractivity contribution >= 4 is 11.6 Å². The molecule has 24 heavy (non-hydrogen) atoms. The standard InChI is InChI=1S/C20H31N3O/c1-15-9-11-23(12-10-15)14-16-5-7-18(8-6-16)22-20(24)19-4-2-3-17(19)13-21/h5-8,15,17,19H,2-4,9-14,21H2,1H3,(H,22,24)/t17-,19-/m1/s1. The summed E-state index contributed by atoms with van der Waals surface area (Å²) in [6.45, 7) is 6.36. The fourth-order valence-electron chi connectivity index (χ4n) is 4.07. The third kappa shape index (κ3) is 4.37. The van der Waals surface area contributed by atoms with E-state index < -0.39 is 0 Å². The molecule has 0 spiro atoms. The largest absolute Gasteiger partial charge is 0.330 e. The van der Waals surface area contributed by atoms with Gasteiger partial charge in [-0.1, -0.05) is 25.5 Å². The number of hydrogen-bond acceptors (Lipinski definition) is 3. The Balaban J connectivity index is 1.52. The number of hydrogen-bond donors (Lipinski definition) is 2. The summed E-state index contributed by atoms with van der Waals surface area (Å²) in [5.41, 5.74) is 8.01. The molecule has 1 aliphatic carbocycles. The predicted molar refractivity (Wildman–Crippen MR) is 98.6 cm³/mol. The molecule has 1 saturated heterocycles. The van der Waals surface area contributed by atoms with E-state index in [1.165, 1.54) is 31.5 Å². The molecule has 1 aromatic rings. The van der Waals surface area contributed by atoms with Crippen molar-refractivity contribution < 1.29 is 4.79 Å². The molecular formula is C20H31N3O. The predicted octanol–water partition coefficient (Wildman–Crippen LogP) is 3.23. The van der Waals surface area contributed by atoms with Gasteiger partial charge >= 0.3 is 0 Å². The molecule has 132 valence electrons. The van der Waals surface area contributed by atoms with Crippen molar-refractivity contribution in [1.29, 1.82) is 0 Å². The Hall–Kier alpha value is -1.39. The number of amides is 1. The fraction of sp³-hybridized carbons (Fsp3) is 0.650. The lowest BCUT2D eigenvalue weighted by atomic mass is 9.95. The maximum atomic E-state index is 12.4. The molecule has 1 aliphatic heterocycles. The normalized spacial score (nSPS) is 25.8. The Labute approximate surface area is 145 Å². The maximum absolute atomic E-state index is 12.4. The molecule has 1 aromatic carbocycles. The van der Waals surface area contributed by atoms with Gasteiger partial charge in [-0.05, 0) is 74.8 Å². The second kappa shape index (κ2) is 8.13. The molecule has 2 fully saturated rings. The van der Waals surface area contributed by atoms with Gasteiger partial charge in [-0.25, -0.2) is 0 Å². The van der Waals surface area contributed by atoms with Gasteiger partial charge in [0.2, 0.25) is 5.91 Å². The van der Waals surface area contributed by atoms with Crippen molar-refractivity contribution in [1.82, 2.24) is 4.90 Å². The molecule has 1 heterocycles. The van der Waals surface area contributed by atoms with Gasteiger partial charge in [0.15, 0.2) is 0 Å². The molecule has 0 bridgehead atoms. The number of carbonyl (C=O) groups excluding carboxylic acids is 1. The van der Waals surface area contributed by atoms with E-state index in [4.69, 9.17) is 5.73 Å². The SMILES string of the molecule is CC1CCN(Cc2ccc(NC(=O)[C@@H]3CCC[C@@H]3CN)cc2)CC1. The van der Waals surface area contributed by atoms with Crippen molar-refractivity contribution in [2.45, 2.75) is 45.6 Å². The minimum absolute atomic E-state index is 0.0880. The van der Waals surface area contributed by atoms with Gasteiger partial charge in [0.1, 0.15) is 0 Å². The van der Waals surface area contributed by atoms with Crippen molar-refractivity contribution in [2.75, 3.05) is 25.0 Å². The molecular weight excluding hydrogens is 298 g/mol. The molecule has 0 unspecified atom stereocenters. The number of nitrogens with zero attached hydrogens (tertiary/aromatic N) is 1. The molecule has 0 radical (unpaired) electrons. The summed E-state index contributed by atoms with van der Waals surface area (Å²) in [5, 5.41) is 3.08. The van der Waals surface area contributed by atoms with Gasteiger partial charge in [0.25, 0.3) is 0 Å². The zero-order valence-electron chi connectivity index (χ0n) is 14.8. The number of carbonyl (C=O) groups is 1. The summed E-state index contributed by atoms with van der Waals surface area (Å²) in [6.07, 6.45) is 5.78. The van der Waals surface area contributed by atoms with Crippen LogP contribution in [-0.4, -0.2) is 30.4 Å². The summed E-state index contributed by atoms with van der Waals surface area (Å²) in [5.74, 6) is 1.45. The van der Waals surface area contributed by atoms with Crippen LogP contribution in [0.1, 0.15) is 44.6 Å². The Bertz CT molecular complexity index is 534. The molecule has 1 saturated carbocycles. The highest BCUT2D eigenvalue weighted by molar-refractivity contribution is 5.92. The second-order valence-electron chi connectivity index (χ2n) is 7.68. The average molecular weight is 329 g/mol. The third-order valence-corrected chi connectivity index (χ3v) is 5.80. The van der Waals surface area contributed by atoms with Crippen LogP contribution in [-0.2, 0) is 11.3 Å². The van der Waals surface area contributed by atoms with E-state index in [-0.39, 0.29) is 11.8 Å². The van der Waals surface area contributed by atoms with Crippen molar-refractivity contribution in [3.8, 4) is 0 Å². The number of nitrogens with two attached hydrogens (primary N) is 1. The number of benzene rings is 1. The van der Waals surface area contributed by atoms with Crippen LogP contribution in [0.5, 0.6) is 0 Å². The fourth-order valence-corrected chi connectivity index (χ4v) is 4.07. The minimum Gasteiger partial charge on any atom is -0.330 e. The lowest BCUT2D eigenvalue weighted by molar-refractivity contribution is -0.120. The van der Waals surface area contributed by atoms with E-state index in [2.05, 4.69) is 29.3 Å². The molecule has 4 heteroatoms. The van der Waals surface area contributed by atoms with E-state index in [9.17, 15) is 4.79 Å². The Morgan fingerprint density at radius 1 is 1.17 bits per heavy atom. The monoisotopic (exact) mass is 329 g/mol. The number of nitrogens with one attached hydrogen (secondary N) is 1. The van der Waals surface area contributed by atoms with Crippen LogP contribution >= 0.6 is 0 Å². The van der Waals surface area contributed by atoms with Crippen molar-refractivity contribution in [2.24, 2.45) is 23.5 Å². The zero-order chi connectivity index (χ0) is 16.9. The molecule has 3 rings (SSSR count). The first-order chi connectivity index (χ1) is 11.7. The van der Waals surface area contributed by atoms with Gasteiger partial charge in [0.05, 0.1) is 0 Å². The van der Waals surface area contributed by atoms with Gasteiger partial charge in [-0.15, -0.1) is 0 Å². The van der Waals surface area contributed by atoms with Crippen LogP contribution in [0.25, 0.3) is 0 Å². The van der Waals surface area contributed by atoms with E-state index in [1.807, 2.05) is 12.1 Å². The number of anilines is 1. The first-order valence-electron chi connectivity index (χ1n) is 9.48. The first kappa shape index (κ1) is 17.4. The number of likely N-dealkylation sites (tertiary alicyclic amines) is 1. The number of rotatable bonds is 5. The molecule has 2 aliphatic rings. The highest BCUT2D eigenvalue weighted by atomic mass is 16.1. The summed E-state index contributed by atoms with van der Waals surface area (Å²) >= 11 is 0. The topological polar surface area (TPSA) is 58.4 Å². The van der Waals surface area contributed by atoms with Crippen LogP contribution in [0, 0.1) is 17.8 Å². The van der Waals surface area contributed by atoms with Crippen molar-refractivity contribution in [3.63, 3.8) is 0 Å². The second-order valence-corrected chi connectivity index (χ2v) is 7.68. The molecule has 4 nitrogen and oxygen atoms in total. The molecule has 0 aromatic heterocycles. The Kier molecular flexibility index (Phi) is 5.90. The van der Waals surface area contributed by atoms with Gasteiger partial charge in [-0.3, -0.25) is 9.69 Å². The lowest BCUT2D eigenvalue weighted by Crippen LogP contribution is -2.32. The molecule has 2 atom stereocenters. The van der Waals surface area contributed by atoms with Crippen LogP contribution in [0.15, 0.2) is 24.3 Å². The van der Waals surface area contributed by atoms with Crippen LogP contribution in [0.2, 0.25) is 0 Å². The zero-order valence-corrected chi connectivity index (χ0v) is 14.8. The quantitative estimate of drug-likeness (QED) is 0.872. The Morgan fingerprint density at radius 2 is 1.88 bits per heavy atom. The smallest absolute Gasteiger partial charge is 0.227 e. The third-order valence-electron chi connectivity index (χ3n) is 5.80. The summed E-state index contributed by atoms with van der Waals surface area (Å²) in [4.78, 5) is 15.0. The van der Waals surface area contributed by atoms with Crippen molar-refractivity contribution in [3.05, 3.63) is 29.8 Å². The summed E-state index contributed by atoms with van der Waals surface area (Å²) < 4.78 is 0. The first-order valence-corrected chi connectivity index (χ1v) is 9.48. The van der Waals surface area contributed by atoms with Gasteiger partial charge in [-0.2, -0.15) is 0 Å². The van der Waals surface area contributed by atoms with E-state index >= 15 is 0 Å². The van der Waals surface area contributed by atoms with E-state index in [0.717, 1.165) is 37.4 Å².